The molecule has 726 valence electrons. The summed E-state index contributed by atoms with van der Waals surface area (Å²) in [5, 5.41) is 60.8. The second kappa shape index (κ2) is 49.3. The first kappa shape index (κ1) is 104. The van der Waals surface area contributed by atoms with Gasteiger partial charge in [0.2, 0.25) is 106 Å². The predicted octanol–water partition coefficient (Wildman–Crippen LogP) is -4.29. The number of imidazole rings is 1. The number of H-pyrrole nitrogens is 3. The number of hydrogen-bond donors (Lipinski definition) is 19. The van der Waals surface area contributed by atoms with Crippen molar-refractivity contribution in [2.45, 2.75) is 227 Å². The van der Waals surface area contributed by atoms with E-state index in [9.17, 15) is 68.1 Å². The van der Waals surface area contributed by atoms with Crippen LogP contribution in [0.1, 0.15) is 127 Å². The number of methoxy groups -OCH3 is 1. The molecule has 6 heterocycles. The average molecular weight is 1880 g/mol. The lowest BCUT2D eigenvalue weighted by Crippen LogP contribution is -2.62. The number of aromatic amines is 3. The number of likely N-dealkylation sites (N-methyl/N-ethyl adjacent to an activating group) is 3. The van der Waals surface area contributed by atoms with E-state index >= 15 is 33.6 Å². The Hall–Kier alpha value is -13.6. The molecule has 44 nitrogen and oxygen atoms in total. The molecule has 16 atom stereocenters. The first-order chi connectivity index (χ1) is 63.8. The van der Waals surface area contributed by atoms with Gasteiger partial charge in [0.1, 0.15) is 90.3 Å². The number of rotatable bonds is 25. The Bertz CT molecular complexity index is 5210. The Kier molecular flexibility index (Phi) is 38.3. The smallest absolute Gasteiger partial charge is 0.246 e. The monoisotopic (exact) mass is 1880 g/mol. The minimum absolute atomic E-state index is 0.0353. The normalized spacial score (nSPS) is 25.1. The zero-order valence-corrected chi connectivity index (χ0v) is 76.8. The fraction of sp³-hybridized carbons (Fsp3) is 0.517. The molecule has 3 saturated heterocycles. The summed E-state index contributed by atoms with van der Waals surface area (Å²) in [5.74, 6) is -18.7. The number of aliphatic hydroxyl groups excluding tert-OH is 3. The quantitative estimate of drug-likeness (QED) is 0.0258. The lowest BCUT2D eigenvalue weighted by molar-refractivity contribution is -0.149. The number of benzene rings is 3. The van der Waals surface area contributed by atoms with Crippen LogP contribution in [0, 0.1) is 0 Å². The van der Waals surface area contributed by atoms with E-state index in [-0.39, 0.29) is 57.2 Å². The van der Waals surface area contributed by atoms with E-state index in [2.05, 4.69) is 73.1 Å². The maximum atomic E-state index is 15.7. The van der Waals surface area contributed by atoms with E-state index in [0.29, 0.717) is 69.9 Å². The molecule has 0 spiro atoms. The first-order valence-electron chi connectivity index (χ1n) is 44.4. The van der Waals surface area contributed by atoms with E-state index in [1.807, 2.05) is 6.92 Å². The van der Waals surface area contributed by atoms with E-state index in [0.717, 1.165) is 43.2 Å². The fourth-order valence-corrected chi connectivity index (χ4v) is 17.2. The molecule has 0 radical (unpaired) electrons. The number of nitrogens with two attached hydrogens (primary N) is 3. The Labute approximate surface area is 776 Å². The van der Waals surface area contributed by atoms with Crippen LogP contribution in [0.25, 0.3) is 21.8 Å². The zero-order chi connectivity index (χ0) is 97.9. The van der Waals surface area contributed by atoms with Gasteiger partial charge >= 0.3 is 0 Å². The molecule has 0 aliphatic carbocycles. The van der Waals surface area contributed by atoms with Crippen molar-refractivity contribution in [3.8, 4) is 5.75 Å². The Morgan fingerprint density at radius 1 is 0.560 bits per heavy atom. The molecular formula is C89H122N22O22S. The summed E-state index contributed by atoms with van der Waals surface area (Å²) in [4.78, 5) is 280. The van der Waals surface area contributed by atoms with Gasteiger partial charge in [0, 0.05) is 119 Å². The molecule has 3 aromatic carbocycles. The highest BCUT2D eigenvalue weighted by molar-refractivity contribution is 8.00. The SMILES string of the molecule is CCCC[C@H]1C(=O)N(C)[C@@H](CCCC)C(=O)N[C@@H](C(C)O)C(=O)N[C@H](C(=O)NCC(N)=O)CSCC(=O)N[C@@H](Cc2ccc(OC)cc2)C(=O)N(C)[C@@H](C)C(=O)N[C@H](CC(N)=O)C(=O)N2CCC[C@H]2C(=O)N[C@@H](Cc2c[nH]cn2)C(=O)N[C@@H](CCC(N)=O)C(=O)N2C[C@H](O)C[C@H]2C(=O)N[C@@H](Cc2c[nH]c3ccccc23)C(=O)N[C@@H](CO)C(=O)N[C@@H](Cc2c[nH]c3ccccc23)C(=O)N1C. The molecule has 22 N–H and O–H groups in total. The van der Waals surface area contributed by atoms with Gasteiger partial charge in [-0.1, -0.05) is 88.1 Å². The third-order valence-electron chi connectivity index (χ3n) is 23.9. The number of aliphatic hydroxyl groups is 3. The van der Waals surface area contributed by atoms with Gasteiger partial charge < -0.3 is 130 Å². The van der Waals surface area contributed by atoms with Crippen LogP contribution in [0.3, 0.4) is 0 Å². The van der Waals surface area contributed by atoms with E-state index in [1.165, 1.54) is 47.7 Å². The molecule has 0 saturated carbocycles. The summed E-state index contributed by atoms with van der Waals surface area (Å²) >= 11 is 0.736. The molecular weight excluding hydrogens is 1760 g/mol. The number of carbonyl (C=O) groups is 18. The number of carbonyl (C=O) groups excluding carboxylic acids is 18. The van der Waals surface area contributed by atoms with Crippen LogP contribution in [0.15, 0.2) is 97.7 Å². The number of aromatic nitrogens is 4. The number of nitrogens with zero attached hydrogens (tertiary/aromatic N) is 6. The zero-order valence-electron chi connectivity index (χ0n) is 76.0. The molecule has 134 heavy (non-hydrogen) atoms. The van der Waals surface area contributed by atoms with Gasteiger partial charge in [-0.3, -0.25) is 86.3 Å². The van der Waals surface area contributed by atoms with Crippen molar-refractivity contribution in [3.05, 3.63) is 120 Å². The standard InChI is InChI=1S/C89H122N22O22S/c1-9-11-22-67-81(124)106-75(48(4)113)84(127)105-66(77(120)96-41-73(92)117)44-134-45-74(118)98-62(32-49-25-27-54(133-8)28-26-49)85(128)107(5)47(3)76(119)102-64(37-72(91)116)88(131)110-31-17-24-68(110)82(125)101-61(35-52-40-93-46-97-52)79(122)99-59(29-30-71(90)115)87(130)111-42-53(114)36-70(111)83(126)100-60(33-50-38-94-57-20-15-13-18-55(50)57)78(121)104-65(43-112)80(123)103-63(34-51-39-95-58-21-16-14-19-56(51)58)86(129)109(7)69(23-12-10-2)89(132)108(67)6/h13-16,18-21,25-28,38-40,46-48,53,59-70,75,94-95,112-114H,9-12,17,22-24,29-37,41-45H2,1-8H3,(H2,90,115)(H2,91,116)(H2,92,117)(H,93,97)(H,96,120)(H,98,118)(H,99,122)(H,100,126)(H,101,125)(H,102,119)(H,103,123)(H,104,121)(H,105,127)(H,106,124)/t47-,48?,53+,59-,60-,61-,62-,63-,64+,65-,66-,67-,68-,69-,70-,75-/m0/s1. The Balaban J connectivity index is 1.10. The van der Waals surface area contributed by atoms with E-state index in [4.69, 9.17) is 21.9 Å². The third kappa shape index (κ3) is 28.0. The van der Waals surface area contributed by atoms with Crippen LogP contribution in [0.4, 0.5) is 0 Å². The molecule has 3 aliphatic heterocycles. The van der Waals surface area contributed by atoms with Crippen molar-refractivity contribution in [2.75, 3.05) is 66.0 Å². The predicted molar refractivity (Wildman–Crippen MR) is 486 cm³/mol. The minimum Gasteiger partial charge on any atom is -0.497 e. The van der Waals surface area contributed by atoms with E-state index in [1.54, 1.807) is 92.1 Å². The van der Waals surface area contributed by atoms with Crippen molar-refractivity contribution in [2.24, 2.45) is 17.2 Å². The van der Waals surface area contributed by atoms with Gasteiger partial charge in [-0.25, -0.2) is 4.98 Å². The van der Waals surface area contributed by atoms with Crippen LogP contribution >= 0.6 is 11.8 Å². The molecule has 3 fully saturated rings. The van der Waals surface area contributed by atoms with Crippen LogP contribution in [0.2, 0.25) is 0 Å². The van der Waals surface area contributed by atoms with Crippen molar-refractivity contribution < 1.29 is 106 Å². The molecule has 18 amide bonds. The van der Waals surface area contributed by atoms with Gasteiger partial charge in [-0.15, -0.1) is 11.8 Å². The summed E-state index contributed by atoms with van der Waals surface area (Å²) in [7, 11) is 5.25. The summed E-state index contributed by atoms with van der Waals surface area (Å²) in [5.41, 5.74) is 19.6. The van der Waals surface area contributed by atoms with Gasteiger partial charge in [0.25, 0.3) is 0 Å². The maximum absolute atomic E-state index is 15.7. The number of ether oxygens (including phenoxy) is 1. The first-order valence-corrected chi connectivity index (χ1v) is 45.5. The molecule has 3 aromatic heterocycles. The summed E-state index contributed by atoms with van der Waals surface area (Å²) in [6.45, 7) is 3.44. The highest BCUT2D eigenvalue weighted by Gasteiger charge is 2.47. The molecule has 1 unspecified atom stereocenters. The number of para-hydroxylation sites is 2. The molecule has 3 aliphatic rings. The summed E-state index contributed by atoms with van der Waals surface area (Å²) in [6.07, 6.45) is 0.418. The lowest BCUT2D eigenvalue weighted by Gasteiger charge is -2.36. The molecule has 0 bridgehead atoms. The highest BCUT2D eigenvalue weighted by atomic mass is 32.2. The van der Waals surface area contributed by atoms with Crippen LogP contribution < -0.4 is 75.1 Å². The minimum atomic E-state index is -1.93. The van der Waals surface area contributed by atoms with Crippen molar-refractivity contribution in [1.82, 2.24) is 97.6 Å². The number of nitrogens with one attached hydrogen (secondary N) is 13. The fourth-order valence-electron chi connectivity index (χ4n) is 16.3. The van der Waals surface area contributed by atoms with Gasteiger partial charge in [0.05, 0.1) is 56.7 Å². The van der Waals surface area contributed by atoms with Crippen molar-refractivity contribution in [1.29, 1.82) is 0 Å². The molecule has 9 rings (SSSR count). The van der Waals surface area contributed by atoms with Gasteiger partial charge in [-0.2, -0.15) is 0 Å². The molecule has 45 heteroatoms. The number of hydrogen-bond acceptors (Lipinski definition) is 24. The average Bonchev–Trinajstić information content (AvgIpc) is 1.66. The largest absolute Gasteiger partial charge is 0.497 e. The highest BCUT2D eigenvalue weighted by Crippen LogP contribution is 2.28. The number of thioether (sulfide) groups is 1. The number of primary amides is 3. The summed E-state index contributed by atoms with van der Waals surface area (Å²) < 4.78 is 5.33. The topological polar surface area (TPSA) is 652 Å². The summed E-state index contributed by atoms with van der Waals surface area (Å²) in [6, 6.07) is -2.83. The van der Waals surface area contributed by atoms with Gasteiger partial charge in [-0.05, 0) is 86.9 Å². The lowest BCUT2D eigenvalue weighted by atomic mass is 10.00. The Morgan fingerprint density at radius 2 is 1.10 bits per heavy atom. The van der Waals surface area contributed by atoms with E-state index < -0.39 is 266 Å². The van der Waals surface area contributed by atoms with Crippen LogP contribution in [-0.4, -0.2) is 329 Å². The maximum Gasteiger partial charge on any atom is 0.246 e. The van der Waals surface area contributed by atoms with Crippen LogP contribution in [-0.2, 0) is 112 Å². The Morgan fingerprint density at radius 3 is 1.69 bits per heavy atom. The third-order valence-corrected chi connectivity index (χ3v) is 25.0. The second-order valence-corrected chi connectivity index (χ2v) is 34.7. The van der Waals surface area contributed by atoms with Gasteiger partial charge in [0.15, 0.2) is 0 Å². The number of unbranched alkanes of at least 4 members (excludes halogenated alkanes) is 2. The number of fused-ring (bicyclic) bond motifs is 4. The van der Waals surface area contributed by atoms with Crippen molar-refractivity contribution in [3.63, 3.8) is 0 Å². The van der Waals surface area contributed by atoms with Crippen molar-refractivity contribution >= 4 is 140 Å². The van der Waals surface area contributed by atoms with Crippen LogP contribution in [0.5, 0.6) is 5.75 Å². The molecule has 6 aromatic rings. The number of amides is 18. The second-order valence-electron chi connectivity index (χ2n) is 33.7.